The van der Waals surface area contributed by atoms with Crippen LogP contribution in [0.1, 0.15) is 22.5 Å². The molecule has 5 nitrogen and oxygen atoms in total. The summed E-state index contributed by atoms with van der Waals surface area (Å²) in [6, 6.07) is 15.9. The van der Waals surface area contributed by atoms with Gasteiger partial charge in [0.2, 0.25) is 0 Å². The van der Waals surface area contributed by atoms with E-state index in [1.807, 2.05) is 23.1 Å². The molecule has 1 aromatic carbocycles. The molecule has 0 bridgehead atoms. The third kappa shape index (κ3) is 4.17. The molecule has 1 aliphatic rings. The van der Waals surface area contributed by atoms with Gasteiger partial charge in [-0.25, -0.2) is 4.98 Å². The summed E-state index contributed by atoms with van der Waals surface area (Å²) in [7, 11) is 3.56. The maximum absolute atomic E-state index is 12.9. The number of hydrogen-bond acceptors (Lipinski definition) is 4. The molecule has 1 aromatic heterocycles. The highest BCUT2D eigenvalue weighted by molar-refractivity contribution is 5.92. The Labute approximate surface area is 149 Å². The van der Waals surface area contributed by atoms with Crippen LogP contribution in [-0.2, 0) is 11.2 Å². The second-order valence-electron chi connectivity index (χ2n) is 6.42. The fourth-order valence-electron chi connectivity index (χ4n) is 3.47. The van der Waals surface area contributed by atoms with Crippen LogP contribution < -0.4 is 5.32 Å². The molecule has 2 atom stereocenters. The number of benzene rings is 1. The van der Waals surface area contributed by atoms with Crippen molar-refractivity contribution in [1.82, 2.24) is 9.88 Å². The van der Waals surface area contributed by atoms with E-state index in [4.69, 9.17) is 4.74 Å². The quantitative estimate of drug-likeness (QED) is 0.910. The number of aromatic nitrogens is 1. The van der Waals surface area contributed by atoms with Crippen LogP contribution in [0.15, 0.2) is 48.5 Å². The van der Waals surface area contributed by atoms with Crippen LogP contribution in [-0.4, -0.2) is 49.1 Å². The molecule has 0 aliphatic carbocycles. The number of hydrogen-bond donors (Lipinski definition) is 1. The summed E-state index contributed by atoms with van der Waals surface area (Å²) in [5, 5.41) is 2.98. The second kappa shape index (κ2) is 8.12. The number of likely N-dealkylation sites (tertiary alicyclic amines) is 1. The van der Waals surface area contributed by atoms with Gasteiger partial charge in [0.25, 0.3) is 5.91 Å². The highest BCUT2D eigenvalue weighted by Crippen LogP contribution is 2.25. The summed E-state index contributed by atoms with van der Waals surface area (Å²) >= 11 is 0. The predicted molar refractivity (Wildman–Crippen MR) is 98.7 cm³/mol. The Hall–Kier alpha value is -2.40. The van der Waals surface area contributed by atoms with E-state index in [2.05, 4.69) is 34.6 Å². The van der Waals surface area contributed by atoms with Gasteiger partial charge in [0.05, 0.1) is 6.10 Å². The smallest absolute Gasteiger partial charge is 0.272 e. The first-order valence-electron chi connectivity index (χ1n) is 8.72. The Balaban J connectivity index is 1.73. The highest BCUT2D eigenvalue weighted by Gasteiger charge is 2.32. The number of ether oxygens (including phenoxy) is 1. The first kappa shape index (κ1) is 17.4. The number of nitrogens with zero attached hydrogens (tertiary/aromatic N) is 2. The van der Waals surface area contributed by atoms with Gasteiger partial charge in [-0.3, -0.25) is 4.79 Å². The molecular formula is C20H25N3O2. The van der Waals surface area contributed by atoms with Gasteiger partial charge in [0, 0.05) is 33.2 Å². The molecule has 25 heavy (non-hydrogen) atoms. The molecule has 2 heterocycles. The lowest BCUT2D eigenvalue weighted by atomic mass is 9.88. The van der Waals surface area contributed by atoms with Crippen molar-refractivity contribution >= 4 is 11.7 Å². The molecule has 0 saturated carbocycles. The fourth-order valence-corrected chi connectivity index (χ4v) is 3.47. The normalized spacial score (nSPS) is 20.3. The molecule has 0 radical (unpaired) electrons. The zero-order valence-electron chi connectivity index (χ0n) is 14.8. The largest absolute Gasteiger partial charge is 0.381 e. The maximum atomic E-state index is 12.9. The van der Waals surface area contributed by atoms with Gasteiger partial charge in [-0.1, -0.05) is 36.4 Å². The molecule has 1 amide bonds. The van der Waals surface area contributed by atoms with E-state index in [1.165, 1.54) is 5.56 Å². The number of methoxy groups -OCH3 is 1. The summed E-state index contributed by atoms with van der Waals surface area (Å²) in [6.07, 6.45) is 1.94. The monoisotopic (exact) mass is 339 g/mol. The van der Waals surface area contributed by atoms with E-state index in [0.29, 0.717) is 24.6 Å². The summed E-state index contributed by atoms with van der Waals surface area (Å²) in [6.45, 7) is 1.39. The van der Waals surface area contributed by atoms with Gasteiger partial charge in [0.15, 0.2) is 0 Å². The molecule has 1 saturated heterocycles. The maximum Gasteiger partial charge on any atom is 0.272 e. The number of carbonyl (C=O) groups is 1. The molecule has 1 aliphatic heterocycles. The van der Waals surface area contributed by atoms with E-state index < -0.39 is 0 Å². The third-order valence-electron chi connectivity index (χ3n) is 4.82. The Kier molecular flexibility index (Phi) is 5.66. The van der Waals surface area contributed by atoms with E-state index in [0.717, 1.165) is 12.8 Å². The van der Waals surface area contributed by atoms with Crippen molar-refractivity contribution < 1.29 is 9.53 Å². The van der Waals surface area contributed by atoms with E-state index in [9.17, 15) is 4.79 Å². The first-order valence-corrected chi connectivity index (χ1v) is 8.72. The molecule has 0 spiro atoms. The van der Waals surface area contributed by atoms with Crippen LogP contribution in [0, 0.1) is 5.92 Å². The summed E-state index contributed by atoms with van der Waals surface area (Å²) < 4.78 is 5.68. The van der Waals surface area contributed by atoms with E-state index in [-0.39, 0.29) is 17.9 Å². The van der Waals surface area contributed by atoms with Gasteiger partial charge in [0.1, 0.15) is 11.5 Å². The van der Waals surface area contributed by atoms with Crippen LogP contribution in [0.2, 0.25) is 0 Å². The third-order valence-corrected chi connectivity index (χ3v) is 4.82. The number of piperidine rings is 1. The van der Waals surface area contributed by atoms with Crippen LogP contribution in [0.25, 0.3) is 0 Å². The minimum Gasteiger partial charge on any atom is -0.381 e. The number of rotatable bonds is 5. The van der Waals surface area contributed by atoms with E-state index in [1.54, 1.807) is 20.2 Å². The molecule has 0 unspecified atom stereocenters. The SMILES string of the molecule is CNc1cccc(C(=O)N2CC[C@@H](OC)[C@H](Cc3ccccc3)C2)n1. The highest BCUT2D eigenvalue weighted by atomic mass is 16.5. The molecule has 1 fully saturated rings. The Morgan fingerprint density at radius 3 is 2.76 bits per heavy atom. The summed E-state index contributed by atoms with van der Waals surface area (Å²) in [5.74, 6) is 0.987. The van der Waals surface area contributed by atoms with Crippen LogP contribution in [0.4, 0.5) is 5.82 Å². The summed E-state index contributed by atoms with van der Waals surface area (Å²) in [4.78, 5) is 19.1. The lowest BCUT2D eigenvalue weighted by Gasteiger charge is -2.38. The molecular weight excluding hydrogens is 314 g/mol. The minimum absolute atomic E-state index is 0.00952. The number of carbonyl (C=O) groups excluding carboxylic acids is 1. The van der Waals surface area contributed by atoms with Gasteiger partial charge >= 0.3 is 0 Å². The topological polar surface area (TPSA) is 54.5 Å². The van der Waals surface area contributed by atoms with Crippen LogP contribution in [0.3, 0.4) is 0 Å². The Morgan fingerprint density at radius 2 is 2.04 bits per heavy atom. The summed E-state index contributed by atoms with van der Waals surface area (Å²) in [5.41, 5.74) is 1.76. The second-order valence-corrected chi connectivity index (χ2v) is 6.42. The Bertz CT molecular complexity index is 705. The van der Waals surface area contributed by atoms with Gasteiger partial charge in [-0.15, -0.1) is 0 Å². The predicted octanol–water partition coefficient (Wildman–Crippen LogP) is 2.84. The number of nitrogens with one attached hydrogen (secondary N) is 1. The van der Waals surface area contributed by atoms with Crippen LogP contribution in [0.5, 0.6) is 0 Å². The van der Waals surface area contributed by atoms with Crippen molar-refractivity contribution in [2.45, 2.75) is 18.9 Å². The molecule has 2 aromatic rings. The van der Waals surface area contributed by atoms with Gasteiger partial charge in [-0.2, -0.15) is 0 Å². The molecule has 132 valence electrons. The van der Waals surface area contributed by atoms with Crippen molar-refractivity contribution in [2.24, 2.45) is 5.92 Å². The fraction of sp³-hybridized carbons (Fsp3) is 0.400. The van der Waals surface area contributed by atoms with Crippen molar-refractivity contribution in [1.29, 1.82) is 0 Å². The van der Waals surface area contributed by atoms with Gasteiger partial charge in [-0.05, 0) is 30.5 Å². The molecule has 3 rings (SSSR count). The minimum atomic E-state index is -0.00952. The standard InChI is InChI=1S/C20H25N3O2/c1-21-19-10-6-9-17(22-19)20(24)23-12-11-18(25-2)16(14-23)13-15-7-4-3-5-8-15/h3-10,16,18H,11-14H2,1-2H3,(H,21,22)/t16-,18-/m1/s1. The van der Waals surface area contributed by atoms with Crippen molar-refractivity contribution in [3.8, 4) is 0 Å². The van der Waals surface area contributed by atoms with Crippen molar-refractivity contribution in [2.75, 3.05) is 32.6 Å². The zero-order chi connectivity index (χ0) is 17.6. The lowest BCUT2D eigenvalue weighted by molar-refractivity contribution is -0.00316. The lowest BCUT2D eigenvalue weighted by Crippen LogP contribution is -2.47. The average Bonchev–Trinajstić information content (AvgIpc) is 2.68. The number of pyridine rings is 1. The molecule has 1 N–H and O–H groups in total. The van der Waals surface area contributed by atoms with Crippen molar-refractivity contribution in [3.05, 3.63) is 59.8 Å². The zero-order valence-corrected chi connectivity index (χ0v) is 14.8. The molecule has 5 heteroatoms. The average molecular weight is 339 g/mol. The van der Waals surface area contributed by atoms with E-state index >= 15 is 0 Å². The number of anilines is 1. The van der Waals surface area contributed by atoms with Gasteiger partial charge < -0.3 is 15.0 Å². The Morgan fingerprint density at radius 1 is 1.24 bits per heavy atom. The first-order chi connectivity index (χ1) is 12.2. The number of amides is 1. The van der Waals surface area contributed by atoms with Crippen molar-refractivity contribution in [3.63, 3.8) is 0 Å². The van der Waals surface area contributed by atoms with Crippen LogP contribution >= 0.6 is 0 Å².